The van der Waals surface area contributed by atoms with E-state index >= 15 is 0 Å². The van der Waals surface area contributed by atoms with E-state index in [4.69, 9.17) is 0 Å². The van der Waals surface area contributed by atoms with E-state index in [1.54, 1.807) is 30.3 Å². The Labute approximate surface area is 150 Å². The van der Waals surface area contributed by atoms with Gasteiger partial charge >= 0.3 is 5.97 Å². The molecule has 26 heavy (non-hydrogen) atoms. The quantitative estimate of drug-likeness (QED) is 0.672. The first kappa shape index (κ1) is 17.6. The van der Waals surface area contributed by atoms with Crippen LogP contribution in [0.2, 0.25) is 0 Å². The lowest BCUT2D eigenvalue weighted by Crippen LogP contribution is -2.49. The number of carboxylic acids is 1. The van der Waals surface area contributed by atoms with Gasteiger partial charge < -0.3 is 10.0 Å². The number of rotatable bonds is 4. The molecule has 134 valence electrons. The first-order chi connectivity index (χ1) is 12.5. The van der Waals surface area contributed by atoms with E-state index in [1.165, 1.54) is 23.1 Å². The van der Waals surface area contributed by atoms with Crippen LogP contribution in [0, 0.1) is 10.1 Å². The van der Waals surface area contributed by atoms with Crippen LogP contribution in [0.25, 0.3) is 0 Å². The molecule has 1 fully saturated rings. The summed E-state index contributed by atoms with van der Waals surface area (Å²) in [6.07, 6.45) is 0.525. The van der Waals surface area contributed by atoms with Crippen molar-refractivity contribution < 1.29 is 19.6 Å². The molecular weight excluding hydrogens is 336 g/mol. The fourth-order valence-electron chi connectivity index (χ4n) is 3.46. The van der Waals surface area contributed by atoms with Crippen LogP contribution in [-0.4, -0.2) is 39.9 Å². The maximum Gasteiger partial charge on any atom is 0.314 e. The number of hydrogen-bond donors (Lipinski definition) is 1. The van der Waals surface area contributed by atoms with Crippen LogP contribution < -0.4 is 0 Å². The number of aliphatic carboxylic acids is 1. The molecule has 0 aliphatic carbocycles. The first-order valence-corrected chi connectivity index (χ1v) is 8.27. The minimum Gasteiger partial charge on any atom is -0.481 e. The summed E-state index contributed by atoms with van der Waals surface area (Å²) in [5.41, 5.74) is -0.540. The molecule has 1 amide bonds. The number of carboxylic acid groups (broad SMARTS) is 1. The Bertz CT molecular complexity index is 842. The highest BCUT2D eigenvalue weighted by atomic mass is 16.6. The number of piperidine rings is 1. The molecule has 3 rings (SSSR count). The number of nitro groups is 1. The highest BCUT2D eigenvalue weighted by Crippen LogP contribution is 2.36. The van der Waals surface area contributed by atoms with Crippen LogP contribution in [0.3, 0.4) is 0 Å². The van der Waals surface area contributed by atoms with Crippen molar-refractivity contribution in [2.24, 2.45) is 0 Å². The van der Waals surface area contributed by atoms with Crippen molar-refractivity contribution in [1.82, 2.24) is 4.90 Å². The molecule has 0 saturated carbocycles. The van der Waals surface area contributed by atoms with E-state index in [9.17, 15) is 24.8 Å². The van der Waals surface area contributed by atoms with Crippen molar-refractivity contribution in [3.05, 3.63) is 75.8 Å². The van der Waals surface area contributed by atoms with Gasteiger partial charge in [0.05, 0.1) is 10.3 Å². The molecule has 1 N–H and O–H groups in total. The van der Waals surface area contributed by atoms with Gasteiger partial charge in [-0.3, -0.25) is 19.7 Å². The van der Waals surface area contributed by atoms with Gasteiger partial charge in [-0.2, -0.15) is 0 Å². The molecule has 7 heteroatoms. The summed E-state index contributed by atoms with van der Waals surface area (Å²) in [7, 11) is 0. The van der Waals surface area contributed by atoms with Gasteiger partial charge in [-0.25, -0.2) is 0 Å². The molecule has 0 atom stereocenters. The standard InChI is InChI=1S/C19H18N2O5/c22-17(15-8-4-5-9-16(15)21(25)26)20-12-10-19(11-13-20,18(23)24)14-6-2-1-3-7-14/h1-9H,10-13H2,(H,23,24). The third-order valence-corrected chi connectivity index (χ3v) is 4.97. The molecule has 1 aliphatic heterocycles. The van der Waals surface area contributed by atoms with E-state index in [-0.39, 0.29) is 37.2 Å². The van der Waals surface area contributed by atoms with Gasteiger partial charge in [0.1, 0.15) is 5.56 Å². The van der Waals surface area contributed by atoms with Gasteiger partial charge in [0.25, 0.3) is 11.6 Å². The lowest BCUT2D eigenvalue weighted by Gasteiger charge is -2.39. The van der Waals surface area contributed by atoms with Crippen molar-refractivity contribution in [1.29, 1.82) is 0 Å². The Morgan fingerprint density at radius 2 is 1.58 bits per heavy atom. The second kappa shape index (κ2) is 6.95. The molecule has 0 bridgehead atoms. The topological polar surface area (TPSA) is 101 Å². The summed E-state index contributed by atoms with van der Waals surface area (Å²) in [5.74, 6) is -1.36. The predicted octanol–water partition coefficient (Wildman–Crippen LogP) is 2.85. The second-order valence-corrected chi connectivity index (χ2v) is 6.32. The Morgan fingerprint density at radius 1 is 1.00 bits per heavy atom. The number of nitro benzene ring substituents is 1. The lowest BCUT2D eigenvalue weighted by atomic mass is 9.72. The third kappa shape index (κ3) is 3.03. The van der Waals surface area contributed by atoms with Crippen molar-refractivity contribution in [3.8, 4) is 0 Å². The van der Waals surface area contributed by atoms with Crippen molar-refractivity contribution in [2.45, 2.75) is 18.3 Å². The van der Waals surface area contributed by atoms with E-state index in [0.29, 0.717) is 5.56 Å². The highest BCUT2D eigenvalue weighted by Gasteiger charge is 2.44. The molecule has 1 saturated heterocycles. The average Bonchev–Trinajstić information content (AvgIpc) is 2.68. The zero-order valence-electron chi connectivity index (χ0n) is 14.0. The number of benzene rings is 2. The Morgan fingerprint density at radius 3 is 2.15 bits per heavy atom. The van der Waals surface area contributed by atoms with E-state index in [2.05, 4.69) is 0 Å². The number of hydrogen-bond acceptors (Lipinski definition) is 4. The molecule has 0 spiro atoms. The SMILES string of the molecule is O=C(c1ccccc1[N+](=O)[O-])N1CCC(C(=O)O)(c2ccccc2)CC1. The summed E-state index contributed by atoms with van der Waals surface area (Å²) in [5, 5.41) is 21.0. The Kier molecular flexibility index (Phi) is 4.71. The molecule has 2 aromatic rings. The number of amides is 1. The van der Waals surface area contributed by atoms with E-state index in [1.807, 2.05) is 6.07 Å². The molecule has 7 nitrogen and oxygen atoms in total. The second-order valence-electron chi connectivity index (χ2n) is 6.32. The van der Waals surface area contributed by atoms with Crippen LogP contribution in [0.5, 0.6) is 0 Å². The number of para-hydroxylation sites is 1. The average molecular weight is 354 g/mol. The normalized spacial score (nSPS) is 16.1. The largest absolute Gasteiger partial charge is 0.481 e. The van der Waals surface area contributed by atoms with Crippen LogP contribution in [0.4, 0.5) is 5.69 Å². The molecule has 0 radical (unpaired) electrons. The summed E-state index contributed by atoms with van der Waals surface area (Å²) in [6, 6.07) is 14.8. The van der Waals surface area contributed by atoms with Crippen LogP contribution >= 0.6 is 0 Å². The summed E-state index contributed by atoms with van der Waals surface area (Å²) in [4.78, 5) is 36.7. The van der Waals surface area contributed by atoms with Crippen molar-refractivity contribution >= 4 is 17.6 Å². The van der Waals surface area contributed by atoms with Gasteiger partial charge in [-0.05, 0) is 24.5 Å². The maximum absolute atomic E-state index is 12.7. The number of carbonyl (C=O) groups excluding carboxylic acids is 1. The zero-order chi connectivity index (χ0) is 18.7. The van der Waals surface area contributed by atoms with Crippen LogP contribution in [0.15, 0.2) is 54.6 Å². The summed E-state index contributed by atoms with van der Waals surface area (Å²) in [6.45, 7) is 0.457. The Hall–Kier alpha value is -3.22. The highest BCUT2D eigenvalue weighted by molar-refractivity contribution is 5.98. The van der Waals surface area contributed by atoms with Crippen LogP contribution in [-0.2, 0) is 10.2 Å². The fraction of sp³-hybridized carbons (Fsp3) is 0.263. The monoisotopic (exact) mass is 354 g/mol. The number of likely N-dealkylation sites (tertiary alicyclic amines) is 1. The van der Waals surface area contributed by atoms with Crippen molar-refractivity contribution in [2.75, 3.05) is 13.1 Å². The summed E-state index contributed by atoms with van der Waals surface area (Å²) < 4.78 is 0. The van der Waals surface area contributed by atoms with Gasteiger partial charge in [0.15, 0.2) is 0 Å². The third-order valence-electron chi connectivity index (χ3n) is 4.97. The minimum absolute atomic E-state index is 0.0278. The summed E-state index contributed by atoms with van der Waals surface area (Å²) >= 11 is 0. The van der Waals surface area contributed by atoms with Gasteiger partial charge in [0.2, 0.25) is 0 Å². The molecule has 1 heterocycles. The molecule has 2 aromatic carbocycles. The zero-order valence-corrected chi connectivity index (χ0v) is 14.0. The predicted molar refractivity (Wildman–Crippen MR) is 94.0 cm³/mol. The van der Waals surface area contributed by atoms with Crippen LogP contribution in [0.1, 0.15) is 28.8 Å². The molecule has 1 aliphatic rings. The Balaban J connectivity index is 1.83. The molecular formula is C19H18N2O5. The van der Waals surface area contributed by atoms with E-state index in [0.717, 1.165) is 0 Å². The van der Waals surface area contributed by atoms with Gasteiger partial charge in [-0.1, -0.05) is 42.5 Å². The molecule has 0 aromatic heterocycles. The number of nitrogens with zero attached hydrogens (tertiary/aromatic N) is 2. The fourth-order valence-corrected chi connectivity index (χ4v) is 3.46. The number of carbonyl (C=O) groups is 2. The van der Waals surface area contributed by atoms with Gasteiger partial charge in [-0.15, -0.1) is 0 Å². The lowest BCUT2D eigenvalue weighted by molar-refractivity contribution is -0.385. The first-order valence-electron chi connectivity index (χ1n) is 8.27. The van der Waals surface area contributed by atoms with E-state index < -0.39 is 22.2 Å². The smallest absolute Gasteiger partial charge is 0.314 e. The van der Waals surface area contributed by atoms with Gasteiger partial charge in [0, 0.05) is 19.2 Å². The molecule has 0 unspecified atom stereocenters. The minimum atomic E-state index is -1.04. The van der Waals surface area contributed by atoms with Crippen molar-refractivity contribution in [3.63, 3.8) is 0 Å². The maximum atomic E-state index is 12.7.